The summed E-state index contributed by atoms with van der Waals surface area (Å²) in [4.78, 5) is 12.1. The second-order valence-corrected chi connectivity index (χ2v) is 5.26. The Kier molecular flexibility index (Phi) is 4.19. The van der Waals surface area contributed by atoms with E-state index in [2.05, 4.69) is 10.5 Å². The SMILES string of the molecule is Cc1ccc(CNC(=O)c2cc(-c3cccc(F)c3)no2)cc1. The highest BCUT2D eigenvalue weighted by Crippen LogP contribution is 2.19. The van der Waals surface area contributed by atoms with E-state index in [0.29, 0.717) is 17.8 Å². The van der Waals surface area contributed by atoms with Crippen molar-refractivity contribution >= 4 is 5.91 Å². The Morgan fingerprint density at radius 2 is 1.96 bits per heavy atom. The van der Waals surface area contributed by atoms with Crippen LogP contribution >= 0.6 is 0 Å². The van der Waals surface area contributed by atoms with E-state index in [1.165, 1.54) is 18.2 Å². The predicted molar refractivity (Wildman–Crippen MR) is 84.2 cm³/mol. The first-order valence-electron chi connectivity index (χ1n) is 7.18. The van der Waals surface area contributed by atoms with Gasteiger partial charge in [0, 0.05) is 18.2 Å². The zero-order valence-corrected chi connectivity index (χ0v) is 12.5. The second-order valence-electron chi connectivity index (χ2n) is 5.26. The summed E-state index contributed by atoms with van der Waals surface area (Å²) in [7, 11) is 0. The third-order valence-electron chi connectivity index (χ3n) is 3.43. The molecular weight excluding hydrogens is 295 g/mol. The molecule has 23 heavy (non-hydrogen) atoms. The number of nitrogens with one attached hydrogen (secondary N) is 1. The van der Waals surface area contributed by atoms with Crippen LogP contribution in [0.1, 0.15) is 21.7 Å². The molecule has 0 fully saturated rings. The summed E-state index contributed by atoms with van der Waals surface area (Å²) in [5.41, 5.74) is 3.14. The molecule has 0 aliphatic heterocycles. The molecule has 5 heteroatoms. The molecule has 1 heterocycles. The molecule has 1 N–H and O–H groups in total. The van der Waals surface area contributed by atoms with E-state index in [4.69, 9.17) is 4.52 Å². The average Bonchev–Trinajstić information content (AvgIpc) is 3.04. The standard InChI is InChI=1S/C18H15FN2O2/c1-12-5-7-13(8-6-12)11-20-18(22)17-10-16(21-23-17)14-3-2-4-15(19)9-14/h2-10H,11H2,1H3,(H,20,22). The molecule has 3 aromatic rings. The Morgan fingerprint density at radius 1 is 1.17 bits per heavy atom. The average molecular weight is 310 g/mol. The molecule has 0 radical (unpaired) electrons. The molecule has 0 unspecified atom stereocenters. The summed E-state index contributed by atoms with van der Waals surface area (Å²) in [6, 6.07) is 15.3. The van der Waals surface area contributed by atoms with Gasteiger partial charge in [0.1, 0.15) is 11.5 Å². The Hall–Kier alpha value is -2.95. The van der Waals surface area contributed by atoms with Gasteiger partial charge in [0.2, 0.25) is 5.76 Å². The minimum absolute atomic E-state index is 0.0939. The van der Waals surface area contributed by atoms with Crippen LogP contribution in [0.5, 0.6) is 0 Å². The monoisotopic (exact) mass is 310 g/mol. The number of carbonyl (C=O) groups is 1. The van der Waals surface area contributed by atoms with Gasteiger partial charge in [-0.15, -0.1) is 0 Å². The van der Waals surface area contributed by atoms with Crippen LogP contribution in [-0.2, 0) is 6.54 Å². The fourth-order valence-electron chi connectivity index (χ4n) is 2.14. The highest BCUT2D eigenvalue weighted by Gasteiger charge is 2.14. The number of amides is 1. The highest BCUT2D eigenvalue weighted by atomic mass is 19.1. The lowest BCUT2D eigenvalue weighted by molar-refractivity contribution is 0.0914. The van der Waals surface area contributed by atoms with Crippen LogP contribution in [0.4, 0.5) is 4.39 Å². The third kappa shape index (κ3) is 3.63. The summed E-state index contributed by atoms with van der Waals surface area (Å²) in [6.45, 7) is 2.40. The van der Waals surface area contributed by atoms with Gasteiger partial charge >= 0.3 is 0 Å². The zero-order valence-electron chi connectivity index (χ0n) is 12.5. The van der Waals surface area contributed by atoms with Crippen LogP contribution in [0.3, 0.4) is 0 Å². The first-order valence-corrected chi connectivity index (χ1v) is 7.18. The summed E-state index contributed by atoms with van der Waals surface area (Å²) in [5.74, 6) is -0.632. The van der Waals surface area contributed by atoms with Crippen LogP contribution in [0.25, 0.3) is 11.3 Å². The van der Waals surface area contributed by atoms with Crippen molar-refractivity contribution in [1.29, 1.82) is 0 Å². The Balaban J connectivity index is 1.67. The fraction of sp³-hybridized carbons (Fsp3) is 0.111. The van der Waals surface area contributed by atoms with Crippen molar-refractivity contribution in [2.45, 2.75) is 13.5 Å². The molecule has 0 spiro atoms. The number of aromatic nitrogens is 1. The van der Waals surface area contributed by atoms with Crippen molar-refractivity contribution in [3.8, 4) is 11.3 Å². The summed E-state index contributed by atoms with van der Waals surface area (Å²) in [5, 5.41) is 6.58. The van der Waals surface area contributed by atoms with Crippen LogP contribution in [0.2, 0.25) is 0 Å². The van der Waals surface area contributed by atoms with E-state index in [9.17, 15) is 9.18 Å². The van der Waals surface area contributed by atoms with Gasteiger partial charge in [-0.2, -0.15) is 0 Å². The molecule has 2 aromatic carbocycles. The zero-order chi connectivity index (χ0) is 16.2. The Morgan fingerprint density at radius 3 is 2.70 bits per heavy atom. The molecule has 0 saturated heterocycles. The first kappa shape index (κ1) is 15.0. The Bertz CT molecular complexity index is 825. The molecule has 3 rings (SSSR count). The second kappa shape index (κ2) is 6.44. The molecule has 1 aromatic heterocycles. The van der Waals surface area contributed by atoms with E-state index in [-0.39, 0.29) is 17.5 Å². The van der Waals surface area contributed by atoms with Gasteiger partial charge in [0.25, 0.3) is 5.91 Å². The molecule has 0 aliphatic rings. The Labute approximate surface area is 132 Å². The number of rotatable bonds is 4. The maximum Gasteiger partial charge on any atom is 0.290 e. The largest absolute Gasteiger partial charge is 0.350 e. The summed E-state index contributed by atoms with van der Waals surface area (Å²) < 4.78 is 18.3. The van der Waals surface area contributed by atoms with Crippen molar-refractivity contribution in [2.24, 2.45) is 0 Å². The molecule has 0 aliphatic carbocycles. The van der Waals surface area contributed by atoms with Gasteiger partial charge < -0.3 is 9.84 Å². The molecule has 116 valence electrons. The van der Waals surface area contributed by atoms with E-state index < -0.39 is 0 Å². The van der Waals surface area contributed by atoms with Crippen molar-refractivity contribution in [2.75, 3.05) is 0 Å². The molecule has 0 saturated carbocycles. The normalized spacial score (nSPS) is 10.5. The maximum atomic E-state index is 13.2. The number of hydrogen-bond donors (Lipinski definition) is 1. The number of benzene rings is 2. The van der Waals surface area contributed by atoms with Gasteiger partial charge in [-0.1, -0.05) is 47.1 Å². The minimum Gasteiger partial charge on any atom is -0.350 e. The van der Waals surface area contributed by atoms with Gasteiger partial charge in [-0.25, -0.2) is 4.39 Å². The van der Waals surface area contributed by atoms with Gasteiger partial charge in [0.15, 0.2) is 0 Å². The lowest BCUT2D eigenvalue weighted by Crippen LogP contribution is -2.22. The van der Waals surface area contributed by atoms with E-state index >= 15 is 0 Å². The molecule has 4 nitrogen and oxygen atoms in total. The quantitative estimate of drug-likeness (QED) is 0.799. The van der Waals surface area contributed by atoms with Crippen LogP contribution in [0, 0.1) is 12.7 Å². The maximum absolute atomic E-state index is 13.2. The van der Waals surface area contributed by atoms with E-state index in [0.717, 1.165) is 11.1 Å². The minimum atomic E-state index is -0.365. The van der Waals surface area contributed by atoms with E-state index in [1.54, 1.807) is 12.1 Å². The number of hydrogen-bond acceptors (Lipinski definition) is 3. The number of halogens is 1. The van der Waals surface area contributed by atoms with Crippen molar-refractivity contribution in [1.82, 2.24) is 10.5 Å². The lowest BCUT2D eigenvalue weighted by atomic mass is 10.1. The van der Waals surface area contributed by atoms with Crippen LogP contribution < -0.4 is 5.32 Å². The smallest absolute Gasteiger partial charge is 0.290 e. The third-order valence-corrected chi connectivity index (χ3v) is 3.43. The summed E-state index contributed by atoms with van der Waals surface area (Å²) in [6.07, 6.45) is 0. The lowest BCUT2D eigenvalue weighted by Gasteiger charge is -2.03. The number of nitrogens with zero attached hydrogens (tertiary/aromatic N) is 1. The molecule has 0 bridgehead atoms. The van der Waals surface area contributed by atoms with Crippen molar-refractivity contribution < 1.29 is 13.7 Å². The van der Waals surface area contributed by atoms with Crippen LogP contribution in [0.15, 0.2) is 59.1 Å². The topological polar surface area (TPSA) is 55.1 Å². The van der Waals surface area contributed by atoms with E-state index in [1.807, 2.05) is 31.2 Å². The number of aryl methyl sites for hydroxylation is 1. The van der Waals surface area contributed by atoms with Crippen LogP contribution in [-0.4, -0.2) is 11.1 Å². The first-order chi connectivity index (χ1) is 11.1. The highest BCUT2D eigenvalue weighted by molar-refractivity contribution is 5.92. The van der Waals surface area contributed by atoms with Crippen molar-refractivity contribution in [3.05, 3.63) is 77.3 Å². The van der Waals surface area contributed by atoms with Gasteiger partial charge in [0.05, 0.1) is 0 Å². The molecule has 0 atom stereocenters. The summed E-state index contributed by atoms with van der Waals surface area (Å²) >= 11 is 0. The number of carbonyl (C=O) groups excluding carboxylic acids is 1. The van der Waals surface area contributed by atoms with Gasteiger partial charge in [-0.3, -0.25) is 4.79 Å². The van der Waals surface area contributed by atoms with Crippen molar-refractivity contribution in [3.63, 3.8) is 0 Å². The van der Waals surface area contributed by atoms with Gasteiger partial charge in [-0.05, 0) is 24.6 Å². The molecule has 1 amide bonds. The fourth-order valence-corrected chi connectivity index (χ4v) is 2.14. The molecular formula is C18H15FN2O2. The predicted octanol–water partition coefficient (Wildman–Crippen LogP) is 3.72.